The first kappa shape index (κ1) is 17.3. The van der Waals surface area contributed by atoms with Crippen molar-refractivity contribution in [1.82, 2.24) is 10.1 Å². The van der Waals surface area contributed by atoms with Crippen molar-refractivity contribution in [3.63, 3.8) is 0 Å². The fourth-order valence-corrected chi connectivity index (χ4v) is 2.32. The molecule has 2 aromatic heterocycles. The molecule has 0 aliphatic carbocycles. The molecular weight excluding hydrogens is 336 g/mol. The summed E-state index contributed by atoms with van der Waals surface area (Å²) in [6.07, 6.45) is 1.55. The number of anilines is 3. The molecule has 0 aliphatic rings. The lowest BCUT2D eigenvalue weighted by atomic mass is 10.2. The molecule has 1 amide bonds. The van der Waals surface area contributed by atoms with Gasteiger partial charge in [0.15, 0.2) is 17.3 Å². The largest absolute Gasteiger partial charge is 0.493 e. The van der Waals surface area contributed by atoms with Crippen LogP contribution >= 0.6 is 0 Å². The molecule has 26 heavy (non-hydrogen) atoms. The number of methoxy groups -OCH3 is 2. The summed E-state index contributed by atoms with van der Waals surface area (Å²) in [4.78, 5) is 16.6. The fourth-order valence-electron chi connectivity index (χ4n) is 2.32. The number of amides is 1. The molecule has 0 spiro atoms. The van der Waals surface area contributed by atoms with Crippen LogP contribution in [0.4, 0.5) is 17.3 Å². The Hall–Kier alpha value is -3.55. The van der Waals surface area contributed by atoms with Crippen molar-refractivity contribution in [2.24, 2.45) is 0 Å². The van der Waals surface area contributed by atoms with E-state index in [-0.39, 0.29) is 5.91 Å². The van der Waals surface area contributed by atoms with Crippen molar-refractivity contribution >= 4 is 23.2 Å². The maximum Gasteiger partial charge on any atom is 0.257 e. The van der Waals surface area contributed by atoms with Crippen LogP contribution in [0.1, 0.15) is 16.1 Å². The van der Waals surface area contributed by atoms with Crippen LogP contribution in [0, 0.1) is 6.92 Å². The molecule has 2 N–H and O–H groups in total. The van der Waals surface area contributed by atoms with Crippen LogP contribution in [0.25, 0.3) is 0 Å². The van der Waals surface area contributed by atoms with Crippen LogP contribution < -0.4 is 20.1 Å². The maximum atomic E-state index is 12.3. The average molecular weight is 354 g/mol. The van der Waals surface area contributed by atoms with Crippen LogP contribution in [0.2, 0.25) is 0 Å². The minimum absolute atomic E-state index is 0.309. The topological polar surface area (TPSA) is 98.5 Å². The summed E-state index contributed by atoms with van der Waals surface area (Å²) in [5.41, 5.74) is 1.18. The fraction of sp³-hybridized carbons (Fsp3) is 0.167. The lowest BCUT2D eigenvalue weighted by Crippen LogP contribution is -2.12. The number of pyridine rings is 1. The number of benzene rings is 1. The van der Waals surface area contributed by atoms with Crippen molar-refractivity contribution in [2.45, 2.75) is 6.92 Å². The molecule has 1 aromatic carbocycles. The second-order valence-corrected chi connectivity index (χ2v) is 5.40. The van der Waals surface area contributed by atoms with Crippen LogP contribution in [0.15, 0.2) is 47.1 Å². The van der Waals surface area contributed by atoms with Crippen molar-refractivity contribution in [2.75, 3.05) is 24.9 Å². The number of ether oxygens (including phenoxy) is 2. The van der Waals surface area contributed by atoms with E-state index in [0.717, 1.165) is 5.69 Å². The second kappa shape index (κ2) is 7.56. The number of hydrogen-bond acceptors (Lipinski definition) is 7. The highest BCUT2D eigenvalue weighted by atomic mass is 16.5. The Bertz CT molecular complexity index is 923. The molecule has 0 saturated heterocycles. The summed E-state index contributed by atoms with van der Waals surface area (Å²) in [6.45, 7) is 1.75. The maximum absolute atomic E-state index is 12.3. The third-order valence-electron chi connectivity index (χ3n) is 3.55. The summed E-state index contributed by atoms with van der Waals surface area (Å²) >= 11 is 0. The number of carbonyl (C=O) groups excluding carboxylic acids is 1. The third-order valence-corrected chi connectivity index (χ3v) is 3.55. The van der Waals surface area contributed by atoms with Gasteiger partial charge in [0.2, 0.25) is 0 Å². The van der Waals surface area contributed by atoms with Gasteiger partial charge >= 0.3 is 0 Å². The lowest BCUT2D eigenvalue weighted by Gasteiger charge is -2.11. The molecule has 0 radical (unpaired) electrons. The number of nitrogens with zero attached hydrogens (tertiary/aromatic N) is 2. The highest BCUT2D eigenvalue weighted by Crippen LogP contribution is 2.30. The first-order valence-corrected chi connectivity index (χ1v) is 7.79. The Kier molecular flexibility index (Phi) is 5.02. The van der Waals surface area contributed by atoms with E-state index >= 15 is 0 Å². The quantitative estimate of drug-likeness (QED) is 0.700. The van der Waals surface area contributed by atoms with Gasteiger partial charge in [-0.1, -0.05) is 5.16 Å². The van der Waals surface area contributed by atoms with Gasteiger partial charge in [-0.2, -0.15) is 0 Å². The zero-order valence-electron chi connectivity index (χ0n) is 14.6. The first-order valence-electron chi connectivity index (χ1n) is 7.79. The van der Waals surface area contributed by atoms with Crippen LogP contribution in [-0.4, -0.2) is 30.3 Å². The van der Waals surface area contributed by atoms with Gasteiger partial charge in [0, 0.05) is 29.6 Å². The normalized spacial score (nSPS) is 10.3. The molecule has 0 unspecified atom stereocenters. The number of carbonyl (C=O) groups is 1. The molecule has 0 aliphatic heterocycles. The third kappa shape index (κ3) is 3.92. The summed E-state index contributed by atoms with van der Waals surface area (Å²) < 4.78 is 15.4. The molecule has 3 rings (SSSR count). The zero-order valence-corrected chi connectivity index (χ0v) is 14.6. The predicted molar refractivity (Wildman–Crippen MR) is 96.3 cm³/mol. The van der Waals surface area contributed by atoms with Gasteiger partial charge in [0.25, 0.3) is 5.91 Å². The Labute approximate surface area is 150 Å². The Morgan fingerprint density at radius 2 is 1.85 bits per heavy atom. The molecule has 3 aromatic rings. The number of aromatic nitrogens is 2. The standard InChI is InChI=1S/C18H18N4O4/c1-11-8-17(22-26-11)21-18(23)12-6-7-19-16(9-12)20-13-4-5-14(24-2)15(10-13)25-3/h4-10H,1-3H3,(H,19,20)(H,21,22,23). The summed E-state index contributed by atoms with van der Waals surface area (Å²) in [6, 6.07) is 10.3. The summed E-state index contributed by atoms with van der Waals surface area (Å²) in [5.74, 6) is 2.40. The monoisotopic (exact) mass is 354 g/mol. The molecule has 8 heteroatoms. The Morgan fingerprint density at radius 3 is 2.54 bits per heavy atom. The number of rotatable bonds is 6. The van der Waals surface area contributed by atoms with Crippen molar-refractivity contribution in [1.29, 1.82) is 0 Å². The van der Waals surface area contributed by atoms with Gasteiger partial charge in [-0.25, -0.2) is 4.98 Å². The van der Waals surface area contributed by atoms with E-state index in [4.69, 9.17) is 14.0 Å². The Morgan fingerprint density at radius 1 is 1.04 bits per heavy atom. The van der Waals surface area contributed by atoms with E-state index in [1.54, 1.807) is 57.7 Å². The second-order valence-electron chi connectivity index (χ2n) is 5.40. The van der Waals surface area contributed by atoms with E-state index in [1.165, 1.54) is 0 Å². The van der Waals surface area contributed by atoms with E-state index in [0.29, 0.717) is 34.5 Å². The number of hydrogen-bond donors (Lipinski definition) is 2. The molecule has 0 atom stereocenters. The Balaban J connectivity index is 1.76. The van der Waals surface area contributed by atoms with E-state index in [1.807, 2.05) is 6.07 Å². The predicted octanol–water partition coefficient (Wildman–Crippen LogP) is 3.39. The van der Waals surface area contributed by atoms with Crippen LogP contribution in [0.3, 0.4) is 0 Å². The highest BCUT2D eigenvalue weighted by Gasteiger charge is 2.11. The van der Waals surface area contributed by atoms with E-state index in [2.05, 4.69) is 20.8 Å². The van der Waals surface area contributed by atoms with Gasteiger partial charge in [0.05, 0.1) is 14.2 Å². The molecule has 134 valence electrons. The summed E-state index contributed by atoms with van der Waals surface area (Å²) in [7, 11) is 3.14. The van der Waals surface area contributed by atoms with Gasteiger partial charge in [0.1, 0.15) is 11.6 Å². The van der Waals surface area contributed by atoms with Gasteiger partial charge < -0.3 is 24.6 Å². The minimum atomic E-state index is -0.309. The van der Waals surface area contributed by atoms with Gasteiger partial charge in [-0.3, -0.25) is 4.79 Å². The molecule has 8 nitrogen and oxygen atoms in total. The first-order chi connectivity index (χ1) is 12.6. The molecular formula is C18H18N4O4. The van der Waals surface area contributed by atoms with Gasteiger partial charge in [-0.05, 0) is 31.2 Å². The van der Waals surface area contributed by atoms with E-state index < -0.39 is 0 Å². The molecule has 0 bridgehead atoms. The van der Waals surface area contributed by atoms with Crippen LogP contribution in [-0.2, 0) is 0 Å². The van der Waals surface area contributed by atoms with Crippen LogP contribution in [0.5, 0.6) is 11.5 Å². The van der Waals surface area contributed by atoms with Crippen molar-refractivity contribution in [3.05, 3.63) is 53.9 Å². The van der Waals surface area contributed by atoms with Gasteiger partial charge in [-0.15, -0.1) is 0 Å². The highest BCUT2D eigenvalue weighted by molar-refractivity contribution is 6.04. The smallest absolute Gasteiger partial charge is 0.257 e. The van der Waals surface area contributed by atoms with Crippen molar-refractivity contribution in [3.8, 4) is 11.5 Å². The minimum Gasteiger partial charge on any atom is -0.493 e. The number of nitrogens with one attached hydrogen (secondary N) is 2. The number of aryl methyl sites for hydroxylation is 1. The van der Waals surface area contributed by atoms with E-state index in [9.17, 15) is 4.79 Å². The van der Waals surface area contributed by atoms with Crippen molar-refractivity contribution < 1.29 is 18.8 Å². The molecule has 0 fully saturated rings. The SMILES string of the molecule is COc1ccc(Nc2cc(C(=O)Nc3cc(C)on3)ccn2)cc1OC. The lowest BCUT2D eigenvalue weighted by molar-refractivity contribution is 0.102. The molecule has 2 heterocycles. The zero-order chi connectivity index (χ0) is 18.5. The average Bonchev–Trinajstić information content (AvgIpc) is 3.06. The molecule has 0 saturated carbocycles. The summed E-state index contributed by atoms with van der Waals surface area (Å²) in [5, 5.41) is 9.54.